The Bertz CT molecular complexity index is 524. The molecule has 0 radical (unpaired) electrons. The lowest BCUT2D eigenvalue weighted by atomic mass is 10.1. The Morgan fingerprint density at radius 2 is 1.68 bits per heavy atom. The summed E-state index contributed by atoms with van der Waals surface area (Å²) in [6.45, 7) is 5.33. The molecular formula is C15H16O4. The molecule has 0 atom stereocenters. The van der Waals surface area contributed by atoms with Crippen molar-refractivity contribution in [1.29, 1.82) is 0 Å². The van der Waals surface area contributed by atoms with Crippen LogP contribution < -0.4 is 0 Å². The van der Waals surface area contributed by atoms with Gasteiger partial charge in [-0.15, -0.1) is 0 Å². The van der Waals surface area contributed by atoms with Crippen molar-refractivity contribution < 1.29 is 19.1 Å². The zero-order valence-corrected chi connectivity index (χ0v) is 11.4. The van der Waals surface area contributed by atoms with Crippen molar-refractivity contribution in [1.82, 2.24) is 0 Å². The fourth-order valence-corrected chi connectivity index (χ4v) is 1.23. The molecule has 100 valence electrons. The first-order valence-corrected chi connectivity index (χ1v) is 5.75. The number of esters is 2. The van der Waals surface area contributed by atoms with E-state index < -0.39 is 17.5 Å². The molecule has 0 heterocycles. The minimum Gasteiger partial charge on any atom is -0.465 e. The van der Waals surface area contributed by atoms with Gasteiger partial charge in [0.25, 0.3) is 0 Å². The van der Waals surface area contributed by atoms with Crippen molar-refractivity contribution in [2.75, 3.05) is 7.11 Å². The largest absolute Gasteiger partial charge is 0.465 e. The van der Waals surface area contributed by atoms with Crippen LogP contribution in [-0.2, 0) is 14.3 Å². The molecule has 0 aliphatic rings. The highest BCUT2D eigenvalue weighted by Crippen LogP contribution is 2.07. The smallest absolute Gasteiger partial charge is 0.385 e. The quantitative estimate of drug-likeness (QED) is 0.573. The van der Waals surface area contributed by atoms with Crippen LogP contribution in [0.3, 0.4) is 0 Å². The minimum absolute atomic E-state index is 0.411. The molecule has 0 spiro atoms. The minimum atomic E-state index is -0.579. The lowest BCUT2D eigenvalue weighted by Gasteiger charge is -2.16. The van der Waals surface area contributed by atoms with Gasteiger partial charge in [0, 0.05) is 11.5 Å². The molecule has 1 aromatic rings. The van der Waals surface area contributed by atoms with E-state index in [9.17, 15) is 9.59 Å². The lowest BCUT2D eigenvalue weighted by Crippen LogP contribution is -2.22. The summed E-state index contributed by atoms with van der Waals surface area (Å²) in [5.41, 5.74) is 0.504. The SMILES string of the molecule is COC(=O)c1ccc(C#CC(=O)OC(C)(C)C)cc1. The molecule has 0 saturated heterocycles. The van der Waals surface area contributed by atoms with Gasteiger partial charge in [0.15, 0.2) is 0 Å². The molecule has 4 nitrogen and oxygen atoms in total. The summed E-state index contributed by atoms with van der Waals surface area (Å²) in [6, 6.07) is 6.46. The van der Waals surface area contributed by atoms with Gasteiger partial charge >= 0.3 is 11.9 Å². The van der Waals surface area contributed by atoms with Crippen LogP contribution in [0.25, 0.3) is 0 Å². The molecule has 19 heavy (non-hydrogen) atoms. The van der Waals surface area contributed by atoms with E-state index in [-0.39, 0.29) is 0 Å². The van der Waals surface area contributed by atoms with Crippen LogP contribution in [0.15, 0.2) is 24.3 Å². The number of benzene rings is 1. The third-order valence-electron chi connectivity index (χ3n) is 2.01. The Morgan fingerprint density at radius 1 is 1.11 bits per heavy atom. The van der Waals surface area contributed by atoms with Crippen LogP contribution >= 0.6 is 0 Å². The van der Waals surface area contributed by atoms with Gasteiger partial charge in [0.05, 0.1) is 12.7 Å². The molecule has 0 N–H and O–H groups in total. The molecule has 0 aliphatic carbocycles. The Hall–Kier alpha value is -2.28. The van der Waals surface area contributed by atoms with E-state index in [1.165, 1.54) is 7.11 Å². The molecule has 0 amide bonds. The molecule has 0 aliphatic heterocycles. The highest BCUT2D eigenvalue weighted by molar-refractivity contribution is 5.90. The van der Waals surface area contributed by atoms with Gasteiger partial charge < -0.3 is 9.47 Å². The molecule has 0 bridgehead atoms. The van der Waals surface area contributed by atoms with Gasteiger partial charge in [0.2, 0.25) is 0 Å². The van der Waals surface area contributed by atoms with Crippen LogP contribution in [0.5, 0.6) is 0 Å². The summed E-state index contributed by atoms with van der Waals surface area (Å²) in [5, 5.41) is 0. The van der Waals surface area contributed by atoms with Gasteiger partial charge in [-0.3, -0.25) is 0 Å². The molecule has 1 rings (SSSR count). The van der Waals surface area contributed by atoms with Gasteiger partial charge in [-0.05, 0) is 45.0 Å². The average Bonchev–Trinajstić information content (AvgIpc) is 2.34. The van der Waals surface area contributed by atoms with Crippen LogP contribution in [0.4, 0.5) is 0 Å². The molecule has 4 heteroatoms. The van der Waals surface area contributed by atoms with E-state index in [4.69, 9.17) is 4.74 Å². The maximum absolute atomic E-state index is 11.4. The van der Waals surface area contributed by atoms with E-state index >= 15 is 0 Å². The highest BCUT2D eigenvalue weighted by atomic mass is 16.6. The summed E-state index contributed by atoms with van der Waals surface area (Å²) in [4.78, 5) is 22.6. The fraction of sp³-hybridized carbons (Fsp3) is 0.333. The van der Waals surface area contributed by atoms with Gasteiger partial charge in [0.1, 0.15) is 5.60 Å². The standard InChI is InChI=1S/C15H16O4/c1-15(2,3)19-13(16)10-7-11-5-8-12(9-6-11)14(17)18-4/h5-6,8-9H,1-4H3. The van der Waals surface area contributed by atoms with E-state index in [0.717, 1.165) is 0 Å². The van der Waals surface area contributed by atoms with E-state index in [1.807, 2.05) is 0 Å². The number of hydrogen-bond donors (Lipinski definition) is 0. The van der Waals surface area contributed by atoms with Crippen molar-refractivity contribution in [3.05, 3.63) is 35.4 Å². The average molecular weight is 260 g/mol. The van der Waals surface area contributed by atoms with E-state index in [1.54, 1.807) is 45.0 Å². The maximum Gasteiger partial charge on any atom is 0.385 e. The zero-order valence-electron chi connectivity index (χ0n) is 11.4. The number of hydrogen-bond acceptors (Lipinski definition) is 4. The molecule has 0 unspecified atom stereocenters. The van der Waals surface area contributed by atoms with Crippen LogP contribution in [0.2, 0.25) is 0 Å². The Labute approximate surface area is 112 Å². The zero-order chi connectivity index (χ0) is 14.5. The molecule has 1 aromatic carbocycles. The van der Waals surface area contributed by atoms with Gasteiger partial charge in [-0.25, -0.2) is 9.59 Å². The molecule has 0 aromatic heterocycles. The van der Waals surface area contributed by atoms with E-state index in [0.29, 0.717) is 11.1 Å². The van der Waals surface area contributed by atoms with Crippen molar-refractivity contribution in [2.45, 2.75) is 26.4 Å². The predicted octanol–water partition coefficient (Wildman–Crippen LogP) is 2.17. The number of methoxy groups -OCH3 is 1. The number of rotatable bonds is 1. The number of ether oxygens (including phenoxy) is 2. The highest BCUT2D eigenvalue weighted by Gasteiger charge is 2.14. The second-order valence-corrected chi connectivity index (χ2v) is 4.82. The van der Waals surface area contributed by atoms with Crippen LogP contribution in [0.1, 0.15) is 36.7 Å². The normalized spacial score (nSPS) is 10.1. The van der Waals surface area contributed by atoms with Gasteiger partial charge in [-0.2, -0.15) is 0 Å². The van der Waals surface area contributed by atoms with Crippen molar-refractivity contribution in [2.24, 2.45) is 0 Å². The Kier molecular flexibility index (Phi) is 4.71. The van der Waals surface area contributed by atoms with E-state index in [2.05, 4.69) is 16.6 Å². The predicted molar refractivity (Wildman–Crippen MR) is 70.5 cm³/mol. The summed E-state index contributed by atoms with van der Waals surface area (Å²) in [7, 11) is 1.32. The maximum atomic E-state index is 11.4. The fourth-order valence-electron chi connectivity index (χ4n) is 1.23. The molecule has 0 fully saturated rings. The van der Waals surface area contributed by atoms with Crippen molar-refractivity contribution in [3.8, 4) is 11.8 Å². The summed E-state index contributed by atoms with van der Waals surface area (Å²) in [5.74, 6) is 4.08. The van der Waals surface area contributed by atoms with Crippen LogP contribution in [-0.4, -0.2) is 24.6 Å². The monoisotopic (exact) mass is 260 g/mol. The van der Waals surface area contributed by atoms with Crippen molar-refractivity contribution >= 4 is 11.9 Å². The van der Waals surface area contributed by atoms with Crippen molar-refractivity contribution in [3.63, 3.8) is 0 Å². The third-order valence-corrected chi connectivity index (χ3v) is 2.01. The number of carbonyl (C=O) groups is 2. The third kappa shape index (κ3) is 5.26. The lowest BCUT2D eigenvalue weighted by molar-refractivity contribution is -0.147. The number of carbonyl (C=O) groups excluding carboxylic acids is 2. The molecular weight excluding hydrogens is 244 g/mol. The first-order chi connectivity index (χ1) is 8.81. The second-order valence-electron chi connectivity index (χ2n) is 4.82. The summed E-state index contributed by atoms with van der Waals surface area (Å²) in [6.07, 6.45) is 0. The first-order valence-electron chi connectivity index (χ1n) is 5.75. The Balaban J connectivity index is 2.74. The van der Waals surface area contributed by atoms with Crippen LogP contribution in [0, 0.1) is 11.8 Å². The molecule has 0 saturated carbocycles. The topological polar surface area (TPSA) is 52.6 Å². The second kappa shape index (κ2) is 6.05. The first kappa shape index (κ1) is 14.8. The van der Waals surface area contributed by atoms with Gasteiger partial charge in [-0.1, -0.05) is 5.92 Å². The summed E-state index contributed by atoms with van der Waals surface area (Å²) >= 11 is 0. The Morgan fingerprint density at radius 3 is 2.16 bits per heavy atom. The summed E-state index contributed by atoms with van der Waals surface area (Å²) < 4.78 is 9.63.